The number of carbonyl (C=O) groups is 1. The van der Waals surface area contributed by atoms with Gasteiger partial charge in [-0.05, 0) is 36.6 Å². The lowest BCUT2D eigenvalue weighted by molar-refractivity contribution is -0.123. The first kappa shape index (κ1) is 12.5. The van der Waals surface area contributed by atoms with Crippen molar-refractivity contribution in [1.29, 1.82) is 0 Å². The summed E-state index contributed by atoms with van der Waals surface area (Å²) in [5.74, 6) is -0.486. The van der Waals surface area contributed by atoms with Crippen LogP contribution in [0.5, 0.6) is 0 Å². The van der Waals surface area contributed by atoms with Gasteiger partial charge in [-0.1, -0.05) is 24.4 Å². The summed E-state index contributed by atoms with van der Waals surface area (Å²) in [5, 5.41) is 0.437. The van der Waals surface area contributed by atoms with Crippen molar-refractivity contribution in [2.24, 2.45) is 5.73 Å². The molecule has 17 heavy (non-hydrogen) atoms. The Morgan fingerprint density at radius 1 is 1.41 bits per heavy atom. The molecule has 1 aromatic carbocycles. The van der Waals surface area contributed by atoms with E-state index in [4.69, 9.17) is 17.3 Å². The second-order valence-electron chi connectivity index (χ2n) is 4.70. The summed E-state index contributed by atoms with van der Waals surface area (Å²) in [6.07, 6.45) is 3.38. The fraction of sp³-hybridized carbons (Fsp3) is 0.462. The van der Waals surface area contributed by atoms with E-state index in [0.29, 0.717) is 23.4 Å². The highest BCUT2D eigenvalue weighted by atomic mass is 35.5. The van der Waals surface area contributed by atoms with Crippen molar-refractivity contribution in [3.63, 3.8) is 0 Å². The van der Waals surface area contributed by atoms with Crippen molar-refractivity contribution in [2.75, 3.05) is 0 Å². The number of hydrogen-bond acceptors (Lipinski definition) is 2. The van der Waals surface area contributed by atoms with E-state index >= 15 is 0 Å². The van der Waals surface area contributed by atoms with E-state index in [-0.39, 0.29) is 12.2 Å². The van der Waals surface area contributed by atoms with Crippen LogP contribution in [0.4, 0.5) is 4.39 Å². The van der Waals surface area contributed by atoms with E-state index < -0.39 is 11.4 Å². The van der Waals surface area contributed by atoms with Gasteiger partial charge >= 0.3 is 0 Å². The van der Waals surface area contributed by atoms with E-state index in [2.05, 4.69) is 0 Å². The van der Waals surface area contributed by atoms with Crippen LogP contribution in [-0.2, 0) is 11.2 Å². The van der Waals surface area contributed by atoms with Gasteiger partial charge in [0.15, 0.2) is 5.78 Å². The zero-order chi connectivity index (χ0) is 12.5. The molecule has 92 valence electrons. The highest BCUT2D eigenvalue weighted by molar-refractivity contribution is 6.30. The fourth-order valence-electron chi connectivity index (χ4n) is 2.31. The van der Waals surface area contributed by atoms with E-state index in [9.17, 15) is 9.18 Å². The van der Waals surface area contributed by atoms with Crippen molar-refractivity contribution >= 4 is 17.4 Å². The Morgan fingerprint density at radius 3 is 2.71 bits per heavy atom. The molecule has 4 heteroatoms. The molecule has 0 saturated heterocycles. The summed E-state index contributed by atoms with van der Waals surface area (Å²) in [4.78, 5) is 12.1. The molecule has 2 N–H and O–H groups in total. The van der Waals surface area contributed by atoms with Crippen molar-refractivity contribution in [3.8, 4) is 0 Å². The quantitative estimate of drug-likeness (QED) is 0.903. The standard InChI is InChI=1S/C13H15ClFNO/c14-10-3-4-11(15)9(7-10)8-12(17)13(16)5-1-2-6-13/h3-4,7H,1-2,5-6,8,16H2. The van der Waals surface area contributed by atoms with E-state index in [1.54, 1.807) is 0 Å². The molecule has 0 heterocycles. The highest BCUT2D eigenvalue weighted by Crippen LogP contribution is 2.29. The monoisotopic (exact) mass is 255 g/mol. The fourth-order valence-corrected chi connectivity index (χ4v) is 2.51. The van der Waals surface area contributed by atoms with Crippen LogP contribution in [0.15, 0.2) is 18.2 Å². The molecule has 1 aliphatic carbocycles. The van der Waals surface area contributed by atoms with Crippen LogP contribution in [0, 0.1) is 5.82 Å². The van der Waals surface area contributed by atoms with E-state index in [0.717, 1.165) is 12.8 Å². The average molecular weight is 256 g/mol. The number of Topliss-reactive ketones (excluding diaryl/α,β-unsaturated/α-hetero) is 1. The third-order valence-electron chi connectivity index (χ3n) is 3.41. The van der Waals surface area contributed by atoms with Gasteiger partial charge in [0.1, 0.15) is 5.82 Å². The summed E-state index contributed by atoms with van der Waals surface area (Å²) in [7, 11) is 0. The molecule has 1 saturated carbocycles. The maximum atomic E-state index is 13.5. The Bertz CT molecular complexity index is 441. The van der Waals surface area contributed by atoms with Crippen LogP contribution >= 0.6 is 11.6 Å². The lowest BCUT2D eigenvalue weighted by Crippen LogP contribution is -2.46. The average Bonchev–Trinajstić information content (AvgIpc) is 2.72. The minimum atomic E-state index is -0.755. The van der Waals surface area contributed by atoms with Gasteiger partial charge < -0.3 is 5.73 Å². The summed E-state index contributed by atoms with van der Waals surface area (Å²) < 4.78 is 13.5. The minimum absolute atomic E-state index is 0.0306. The molecule has 0 atom stereocenters. The molecule has 0 bridgehead atoms. The summed E-state index contributed by atoms with van der Waals surface area (Å²) in [6, 6.07) is 4.24. The molecule has 1 fully saturated rings. The van der Waals surface area contributed by atoms with Crippen LogP contribution in [0.25, 0.3) is 0 Å². The molecule has 0 unspecified atom stereocenters. The number of carbonyl (C=O) groups excluding carboxylic acids is 1. The van der Waals surface area contributed by atoms with Crippen molar-refractivity contribution in [1.82, 2.24) is 0 Å². The van der Waals surface area contributed by atoms with Gasteiger partial charge in [-0.15, -0.1) is 0 Å². The predicted octanol–water partition coefficient (Wildman–Crippen LogP) is 2.86. The molecular weight excluding hydrogens is 241 g/mol. The Kier molecular flexibility index (Phi) is 3.50. The molecule has 2 nitrogen and oxygen atoms in total. The Balaban J connectivity index is 2.15. The second-order valence-corrected chi connectivity index (χ2v) is 5.14. The van der Waals surface area contributed by atoms with Crippen LogP contribution in [0.2, 0.25) is 5.02 Å². The summed E-state index contributed by atoms with van der Waals surface area (Å²) in [6.45, 7) is 0. The Hall–Kier alpha value is -0.930. The van der Waals surface area contributed by atoms with Crippen molar-refractivity contribution < 1.29 is 9.18 Å². The number of rotatable bonds is 3. The molecule has 1 aliphatic rings. The normalized spacial score (nSPS) is 18.3. The first-order chi connectivity index (χ1) is 8.01. The minimum Gasteiger partial charge on any atom is -0.319 e. The Morgan fingerprint density at radius 2 is 2.06 bits per heavy atom. The third-order valence-corrected chi connectivity index (χ3v) is 3.64. The largest absolute Gasteiger partial charge is 0.319 e. The molecule has 0 aliphatic heterocycles. The zero-order valence-electron chi connectivity index (χ0n) is 9.51. The van der Waals surface area contributed by atoms with Crippen LogP contribution < -0.4 is 5.73 Å². The second kappa shape index (κ2) is 4.75. The lowest BCUT2D eigenvalue weighted by atomic mass is 9.89. The molecule has 2 rings (SSSR count). The van der Waals surface area contributed by atoms with Crippen LogP contribution in [0.3, 0.4) is 0 Å². The van der Waals surface area contributed by atoms with Gasteiger partial charge in [-0.2, -0.15) is 0 Å². The highest BCUT2D eigenvalue weighted by Gasteiger charge is 2.36. The van der Waals surface area contributed by atoms with Gasteiger partial charge in [-0.25, -0.2) is 4.39 Å². The number of halogens is 2. The molecule has 0 amide bonds. The molecular formula is C13H15ClFNO. The maximum Gasteiger partial charge on any atom is 0.157 e. The topological polar surface area (TPSA) is 43.1 Å². The first-order valence-electron chi connectivity index (χ1n) is 5.77. The molecule has 1 aromatic rings. The van der Waals surface area contributed by atoms with Gasteiger partial charge in [0.05, 0.1) is 5.54 Å². The van der Waals surface area contributed by atoms with E-state index in [1.807, 2.05) is 0 Å². The predicted molar refractivity (Wildman–Crippen MR) is 65.5 cm³/mol. The lowest BCUT2D eigenvalue weighted by Gasteiger charge is -2.21. The smallest absolute Gasteiger partial charge is 0.157 e. The summed E-state index contributed by atoms with van der Waals surface area (Å²) >= 11 is 5.79. The molecule has 0 radical (unpaired) electrons. The van der Waals surface area contributed by atoms with Gasteiger partial charge in [0, 0.05) is 11.4 Å². The first-order valence-corrected chi connectivity index (χ1v) is 6.15. The van der Waals surface area contributed by atoms with Gasteiger partial charge in [0.2, 0.25) is 0 Å². The molecule has 0 aromatic heterocycles. The number of hydrogen-bond donors (Lipinski definition) is 1. The number of ketones is 1. The number of nitrogens with two attached hydrogens (primary N) is 1. The van der Waals surface area contributed by atoms with Crippen LogP contribution in [-0.4, -0.2) is 11.3 Å². The van der Waals surface area contributed by atoms with Gasteiger partial charge in [0.25, 0.3) is 0 Å². The number of benzene rings is 1. The van der Waals surface area contributed by atoms with Gasteiger partial charge in [-0.3, -0.25) is 4.79 Å². The Labute approximate surface area is 105 Å². The SMILES string of the molecule is NC1(C(=O)Cc2cc(Cl)ccc2F)CCCC1. The van der Waals surface area contributed by atoms with Crippen molar-refractivity contribution in [3.05, 3.63) is 34.6 Å². The maximum absolute atomic E-state index is 13.5. The third kappa shape index (κ3) is 2.67. The van der Waals surface area contributed by atoms with Crippen molar-refractivity contribution in [2.45, 2.75) is 37.6 Å². The van der Waals surface area contributed by atoms with Crippen LogP contribution in [0.1, 0.15) is 31.2 Å². The zero-order valence-corrected chi connectivity index (χ0v) is 10.3. The van der Waals surface area contributed by atoms with E-state index in [1.165, 1.54) is 18.2 Å². The summed E-state index contributed by atoms with van der Waals surface area (Å²) in [5.41, 5.74) is 5.61. The molecule has 0 spiro atoms.